The van der Waals surface area contributed by atoms with E-state index in [1.54, 1.807) is 18.2 Å². The van der Waals surface area contributed by atoms with E-state index in [1.807, 2.05) is 0 Å². The second kappa shape index (κ2) is 6.76. The summed E-state index contributed by atoms with van der Waals surface area (Å²) >= 11 is 0. The van der Waals surface area contributed by atoms with Crippen molar-refractivity contribution >= 4 is 17.2 Å². The monoisotopic (exact) mass is 368 g/mol. The zero-order chi connectivity index (χ0) is 19.1. The number of nitrogens with two attached hydrogens (primary N) is 2. The van der Waals surface area contributed by atoms with Crippen molar-refractivity contribution in [2.45, 2.75) is 50.9 Å². The minimum Gasteiger partial charge on any atom is -0.506 e. The van der Waals surface area contributed by atoms with Crippen LogP contribution in [0.15, 0.2) is 27.4 Å². The maximum absolute atomic E-state index is 12.8. The average molecular weight is 368 g/mol. The van der Waals surface area contributed by atoms with Gasteiger partial charge in [-0.25, -0.2) is 4.79 Å². The molecule has 6 nitrogen and oxygen atoms in total. The summed E-state index contributed by atoms with van der Waals surface area (Å²) in [6.07, 6.45) is 5.23. The van der Waals surface area contributed by atoms with Gasteiger partial charge in [0.15, 0.2) is 5.78 Å². The summed E-state index contributed by atoms with van der Waals surface area (Å²) < 4.78 is 5.56. The topological polar surface area (TPSA) is 120 Å². The standard InChI is InChI=1S/C21H24N2O4/c22-13-8-12(9-14(23)10-13)17(11-6-7-11)19-20(25)18-15(24)4-2-1-3-5-16(18)27-21(19)26/h8-11,17,25H,1-7,22-23H2. The van der Waals surface area contributed by atoms with Crippen LogP contribution in [0.3, 0.4) is 0 Å². The summed E-state index contributed by atoms with van der Waals surface area (Å²) in [5.74, 6) is -0.246. The molecule has 1 fully saturated rings. The first-order chi connectivity index (χ1) is 13.0. The number of anilines is 2. The highest BCUT2D eigenvalue weighted by molar-refractivity contribution is 5.99. The number of ketones is 1. The molecule has 1 atom stereocenters. The molecule has 1 saturated carbocycles. The van der Waals surface area contributed by atoms with Crippen molar-refractivity contribution in [1.29, 1.82) is 0 Å². The fourth-order valence-electron chi connectivity index (χ4n) is 4.18. The predicted octanol–water partition coefficient (Wildman–Crippen LogP) is 3.35. The highest BCUT2D eigenvalue weighted by Gasteiger charge is 2.39. The second-order valence-corrected chi connectivity index (χ2v) is 7.68. The molecule has 0 bridgehead atoms. The largest absolute Gasteiger partial charge is 0.506 e. The van der Waals surface area contributed by atoms with Crippen molar-refractivity contribution in [3.05, 3.63) is 51.1 Å². The van der Waals surface area contributed by atoms with Gasteiger partial charge in [0.1, 0.15) is 11.5 Å². The van der Waals surface area contributed by atoms with E-state index >= 15 is 0 Å². The lowest BCUT2D eigenvalue weighted by molar-refractivity contribution is 0.0968. The second-order valence-electron chi connectivity index (χ2n) is 7.68. The Morgan fingerprint density at radius 2 is 1.67 bits per heavy atom. The average Bonchev–Trinajstić information content (AvgIpc) is 3.40. The summed E-state index contributed by atoms with van der Waals surface area (Å²) in [6, 6.07) is 5.20. The van der Waals surface area contributed by atoms with Gasteiger partial charge in [-0.05, 0) is 55.4 Å². The summed E-state index contributed by atoms with van der Waals surface area (Å²) in [6.45, 7) is 0. The summed E-state index contributed by atoms with van der Waals surface area (Å²) in [7, 11) is 0. The Bertz CT molecular complexity index is 939. The first kappa shape index (κ1) is 17.6. The van der Waals surface area contributed by atoms with E-state index < -0.39 is 5.63 Å². The normalized spacial score (nSPS) is 18.4. The van der Waals surface area contributed by atoms with Crippen LogP contribution < -0.4 is 17.1 Å². The quantitative estimate of drug-likeness (QED) is 0.715. The van der Waals surface area contributed by atoms with Crippen LogP contribution in [0, 0.1) is 5.92 Å². The molecule has 27 heavy (non-hydrogen) atoms. The molecule has 0 amide bonds. The fraction of sp³-hybridized carbons (Fsp3) is 0.429. The smallest absolute Gasteiger partial charge is 0.343 e. The number of nitrogen functional groups attached to an aromatic ring is 2. The van der Waals surface area contributed by atoms with Crippen LogP contribution in [0.2, 0.25) is 0 Å². The number of hydrogen-bond donors (Lipinski definition) is 3. The van der Waals surface area contributed by atoms with Gasteiger partial charge in [-0.1, -0.05) is 6.42 Å². The molecule has 1 aromatic carbocycles. The maximum atomic E-state index is 12.8. The molecule has 4 rings (SSSR count). The molecule has 0 radical (unpaired) electrons. The molecule has 6 heteroatoms. The summed E-state index contributed by atoms with van der Waals surface area (Å²) in [4.78, 5) is 25.5. The number of carbonyl (C=O) groups is 1. The minimum absolute atomic E-state index is 0.158. The molecule has 1 unspecified atom stereocenters. The van der Waals surface area contributed by atoms with E-state index in [-0.39, 0.29) is 34.5 Å². The van der Waals surface area contributed by atoms with E-state index in [0.29, 0.717) is 30.0 Å². The molecule has 1 aromatic heterocycles. The Kier molecular flexibility index (Phi) is 4.42. The Labute approximate surface area is 157 Å². The number of aryl methyl sites for hydroxylation is 1. The van der Waals surface area contributed by atoms with Gasteiger partial charge in [-0.15, -0.1) is 0 Å². The molecular weight excluding hydrogens is 344 g/mol. The van der Waals surface area contributed by atoms with Crippen molar-refractivity contribution in [1.82, 2.24) is 0 Å². The van der Waals surface area contributed by atoms with Gasteiger partial charge in [0.05, 0.1) is 11.1 Å². The number of aromatic hydroxyl groups is 1. The molecular formula is C21H24N2O4. The number of benzene rings is 1. The van der Waals surface area contributed by atoms with Crippen LogP contribution in [0.25, 0.3) is 0 Å². The zero-order valence-corrected chi connectivity index (χ0v) is 15.2. The Morgan fingerprint density at radius 3 is 2.33 bits per heavy atom. The third-order valence-corrected chi connectivity index (χ3v) is 5.56. The number of carbonyl (C=O) groups excluding carboxylic acids is 1. The van der Waals surface area contributed by atoms with Crippen molar-refractivity contribution < 1.29 is 14.3 Å². The predicted molar refractivity (Wildman–Crippen MR) is 103 cm³/mol. The van der Waals surface area contributed by atoms with Crippen LogP contribution in [-0.2, 0) is 6.42 Å². The van der Waals surface area contributed by atoms with E-state index in [0.717, 1.165) is 37.7 Å². The molecule has 2 aliphatic carbocycles. The van der Waals surface area contributed by atoms with Crippen LogP contribution in [-0.4, -0.2) is 10.9 Å². The third-order valence-electron chi connectivity index (χ3n) is 5.56. The first-order valence-corrected chi connectivity index (χ1v) is 9.53. The van der Waals surface area contributed by atoms with Crippen LogP contribution >= 0.6 is 0 Å². The van der Waals surface area contributed by atoms with Crippen LogP contribution in [0.4, 0.5) is 11.4 Å². The molecule has 0 saturated heterocycles. The van der Waals surface area contributed by atoms with Gasteiger partial charge >= 0.3 is 5.63 Å². The van der Waals surface area contributed by atoms with Gasteiger partial charge in [-0.2, -0.15) is 0 Å². The lowest BCUT2D eigenvalue weighted by Gasteiger charge is -2.21. The highest BCUT2D eigenvalue weighted by Crippen LogP contribution is 2.49. The molecule has 2 aliphatic rings. The zero-order valence-electron chi connectivity index (χ0n) is 15.2. The van der Waals surface area contributed by atoms with E-state index in [2.05, 4.69) is 0 Å². The molecule has 2 aromatic rings. The lowest BCUT2D eigenvalue weighted by atomic mass is 9.84. The van der Waals surface area contributed by atoms with E-state index in [4.69, 9.17) is 15.9 Å². The van der Waals surface area contributed by atoms with Gasteiger partial charge < -0.3 is 21.0 Å². The Morgan fingerprint density at radius 1 is 1.00 bits per heavy atom. The molecule has 0 spiro atoms. The molecule has 5 N–H and O–H groups in total. The molecule has 1 heterocycles. The van der Waals surface area contributed by atoms with Gasteiger partial charge in [0.25, 0.3) is 0 Å². The van der Waals surface area contributed by atoms with Crippen molar-refractivity contribution in [3.63, 3.8) is 0 Å². The SMILES string of the molecule is Nc1cc(N)cc(C(c2c(O)c3c(oc2=O)CCCCCC3=O)C2CC2)c1. The van der Waals surface area contributed by atoms with Crippen LogP contribution in [0.5, 0.6) is 5.75 Å². The minimum atomic E-state index is -0.572. The maximum Gasteiger partial charge on any atom is 0.343 e. The summed E-state index contributed by atoms with van der Waals surface area (Å²) in [5.41, 5.74) is 13.4. The third kappa shape index (κ3) is 3.31. The number of rotatable bonds is 3. The number of Topliss-reactive ketones (excluding diaryl/α,β-unsaturated/α-hetero) is 1. The first-order valence-electron chi connectivity index (χ1n) is 9.53. The highest BCUT2D eigenvalue weighted by atomic mass is 16.4. The van der Waals surface area contributed by atoms with E-state index in [9.17, 15) is 14.7 Å². The molecule has 0 aliphatic heterocycles. The lowest BCUT2D eigenvalue weighted by Crippen LogP contribution is -2.21. The van der Waals surface area contributed by atoms with Gasteiger partial charge in [0.2, 0.25) is 0 Å². The number of fused-ring (bicyclic) bond motifs is 1. The Balaban J connectivity index is 1.91. The van der Waals surface area contributed by atoms with Crippen molar-refractivity contribution in [3.8, 4) is 5.75 Å². The van der Waals surface area contributed by atoms with Crippen molar-refractivity contribution in [2.75, 3.05) is 11.5 Å². The van der Waals surface area contributed by atoms with Gasteiger partial charge in [-0.3, -0.25) is 4.79 Å². The number of hydrogen-bond acceptors (Lipinski definition) is 6. The van der Waals surface area contributed by atoms with Crippen LogP contribution in [0.1, 0.15) is 71.7 Å². The molecule has 142 valence electrons. The van der Waals surface area contributed by atoms with Crippen molar-refractivity contribution in [2.24, 2.45) is 5.92 Å². The van der Waals surface area contributed by atoms with Gasteiger partial charge in [0, 0.05) is 30.1 Å². The summed E-state index contributed by atoms with van der Waals surface area (Å²) in [5, 5.41) is 11.0. The van der Waals surface area contributed by atoms with E-state index in [1.165, 1.54) is 0 Å². The fourth-order valence-corrected chi connectivity index (χ4v) is 4.18. The Hall–Kier alpha value is -2.76.